The van der Waals surface area contributed by atoms with Gasteiger partial charge in [-0.05, 0) is 35.5 Å². The van der Waals surface area contributed by atoms with Crippen LogP contribution in [-0.2, 0) is 13.5 Å². The average Bonchev–Trinajstić information content (AvgIpc) is 2.77. The third-order valence-corrected chi connectivity index (χ3v) is 3.68. The number of tetrazole rings is 1. The third-order valence-electron chi connectivity index (χ3n) is 2.72. The van der Waals surface area contributed by atoms with E-state index in [1.165, 1.54) is 4.80 Å². The Labute approximate surface area is 125 Å². The zero-order valence-corrected chi connectivity index (χ0v) is 13.1. The summed E-state index contributed by atoms with van der Waals surface area (Å²) in [7, 11) is 1.76. The molecule has 0 saturated heterocycles. The first-order valence-electron chi connectivity index (χ1n) is 6.01. The van der Waals surface area contributed by atoms with Crippen LogP contribution in [0.25, 0.3) is 0 Å². The first kappa shape index (κ1) is 14.4. The van der Waals surface area contributed by atoms with Gasteiger partial charge in [0.1, 0.15) is 0 Å². The highest BCUT2D eigenvalue weighted by molar-refractivity contribution is 9.10. The Hall–Kier alpha value is -0.980. The lowest BCUT2D eigenvalue weighted by Crippen LogP contribution is -2.24. The van der Waals surface area contributed by atoms with Crippen molar-refractivity contribution >= 4 is 27.5 Å². The van der Waals surface area contributed by atoms with Gasteiger partial charge >= 0.3 is 0 Å². The number of nitrogens with one attached hydrogen (secondary N) is 1. The smallest absolute Gasteiger partial charge is 0.176 e. The summed E-state index contributed by atoms with van der Waals surface area (Å²) >= 11 is 9.63. The van der Waals surface area contributed by atoms with Crippen molar-refractivity contribution in [3.05, 3.63) is 39.1 Å². The Morgan fingerprint density at radius 1 is 1.47 bits per heavy atom. The quantitative estimate of drug-likeness (QED) is 0.905. The van der Waals surface area contributed by atoms with Crippen LogP contribution in [0.4, 0.5) is 0 Å². The normalized spacial score (nSPS) is 12.6. The highest BCUT2D eigenvalue weighted by Gasteiger charge is 2.17. The summed E-state index contributed by atoms with van der Waals surface area (Å²) in [6, 6.07) is 5.86. The summed E-state index contributed by atoms with van der Waals surface area (Å²) in [5, 5.41) is 16.2. The summed E-state index contributed by atoms with van der Waals surface area (Å²) in [5.74, 6) is 0.709. The molecule has 0 aliphatic rings. The molecule has 0 spiro atoms. The number of hydrogen-bond donors (Lipinski definition) is 1. The van der Waals surface area contributed by atoms with Crippen LogP contribution in [0.1, 0.15) is 24.4 Å². The van der Waals surface area contributed by atoms with Gasteiger partial charge in [0.25, 0.3) is 0 Å². The zero-order valence-electron chi connectivity index (χ0n) is 10.8. The molecule has 0 saturated carbocycles. The van der Waals surface area contributed by atoms with E-state index in [1.807, 2.05) is 18.2 Å². The summed E-state index contributed by atoms with van der Waals surface area (Å²) in [6.07, 6.45) is 0.667. The lowest BCUT2D eigenvalue weighted by Gasteiger charge is -2.18. The predicted molar refractivity (Wildman–Crippen MR) is 78.1 cm³/mol. The van der Waals surface area contributed by atoms with Crippen LogP contribution in [0.5, 0.6) is 0 Å². The highest BCUT2D eigenvalue weighted by Crippen LogP contribution is 2.28. The molecule has 0 amide bonds. The molecular weight excluding hydrogens is 330 g/mol. The molecule has 1 aromatic heterocycles. The van der Waals surface area contributed by atoms with Crippen molar-refractivity contribution in [3.8, 4) is 0 Å². The van der Waals surface area contributed by atoms with E-state index in [9.17, 15) is 0 Å². The van der Waals surface area contributed by atoms with Gasteiger partial charge in [-0.2, -0.15) is 4.80 Å². The molecule has 5 nitrogen and oxygen atoms in total. The van der Waals surface area contributed by atoms with Crippen molar-refractivity contribution in [2.45, 2.75) is 19.4 Å². The molecule has 0 aliphatic heterocycles. The number of aromatic nitrogens is 4. The monoisotopic (exact) mass is 343 g/mol. The average molecular weight is 345 g/mol. The lowest BCUT2D eigenvalue weighted by atomic mass is 10.0. The van der Waals surface area contributed by atoms with Crippen LogP contribution in [0.15, 0.2) is 22.7 Å². The zero-order chi connectivity index (χ0) is 13.8. The Balaban J connectivity index is 2.26. The van der Waals surface area contributed by atoms with E-state index in [1.54, 1.807) is 7.05 Å². The van der Waals surface area contributed by atoms with E-state index in [0.29, 0.717) is 17.3 Å². The number of benzene rings is 1. The maximum absolute atomic E-state index is 6.07. The summed E-state index contributed by atoms with van der Waals surface area (Å²) < 4.78 is 1.02. The van der Waals surface area contributed by atoms with Crippen LogP contribution >= 0.6 is 27.5 Å². The van der Waals surface area contributed by atoms with Crippen molar-refractivity contribution in [2.24, 2.45) is 7.05 Å². The molecule has 1 heterocycles. The summed E-state index contributed by atoms with van der Waals surface area (Å²) in [5.41, 5.74) is 1.10. The van der Waals surface area contributed by atoms with Gasteiger partial charge in [0, 0.05) is 22.0 Å². The van der Waals surface area contributed by atoms with Crippen molar-refractivity contribution < 1.29 is 0 Å². The SMILES string of the molecule is CCNC(Cc1nnn(C)n1)c1cc(Cl)ccc1Br. The number of likely N-dealkylation sites (N-methyl/N-ethyl adjacent to an activating group) is 1. The standard InChI is InChI=1S/C12H15BrClN5/c1-3-15-11(7-12-16-18-19(2)17-12)9-6-8(14)4-5-10(9)13/h4-6,11,15H,3,7H2,1-2H3. The van der Waals surface area contributed by atoms with Gasteiger partial charge in [-0.1, -0.05) is 34.5 Å². The van der Waals surface area contributed by atoms with Crippen LogP contribution < -0.4 is 5.32 Å². The fourth-order valence-electron chi connectivity index (χ4n) is 1.91. The van der Waals surface area contributed by atoms with Gasteiger partial charge in [0.15, 0.2) is 5.82 Å². The van der Waals surface area contributed by atoms with Gasteiger partial charge < -0.3 is 5.32 Å². The van der Waals surface area contributed by atoms with Crippen molar-refractivity contribution in [1.82, 2.24) is 25.5 Å². The number of halogens is 2. The van der Waals surface area contributed by atoms with Gasteiger partial charge in [-0.25, -0.2) is 0 Å². The Kier molecular flexibility index (Phi) is 4.90. The largest absolute Gasteiger partial charge is 0.310 e. The predicted octanol–water partition coefficient (Wildman–Crippen LogP) is 2.52. The van der Waals surface area contributed by atoms with Crippen LogP contribution in [0, 0.1) is 0 Å². The minimum absolute atomic E-state index is 0.0993. The van der Waals surface area contributed by atoms with E-state index >= 15 is 0 Å². The minimum Gasteiger partial charge on any atom is -0.310 e. The summed E-state index contributed by atoms with van der Waals surface area (Å²) in [6.45, 7) is 2.92. The first-order chi connectivity index (χ1) is 9.10. The molecule has 0 fully saturated rings. The van der Waals surface area contributed by atoms with E-state index < -0.39 is 0 Å². The Bertz CT molecular complexity index is 557. The van der Waals surface area contributed by atoms with E-state index in [-0.39, 0.29) is 6.04 Å². The molecule has 1 atom stereocenters. The lowest BCUT2D eigenvalue weighted by molar-refractivity contribution is 0.533. The van der Waals surface area contributed by atoms with Gasteiger partial charge in [0.05, 0.1) is 7.05 Å². The minimum atomic E-state index is 0.0993. The van der Waals surface area contributed by atoms with Crippen LogP contribution in [-0.4, -0.2) is 26.8 Å². The van der Waals surface area contributed by atoms with Crippen LogP contribution in [0.2, 0.25) is 5.02 Å². The first-order valence-corrected chi connectivity index (χ1v) is 7.18. The molecular formula is C12H15BrClN5. The van der Waals surface area contributed by atoms with E-state index in [4.69, 9.17) is 11.6 Å². The number of aryl methyl sites for hydroxylation is 1. The van der Waals surface area contributed by atoms with Crippen LogP contribution in [0.3, 0.4) is 0 Å². The topological polar surface area (TPSA) is 55.6 Å². The van der Waals surface area contributed by atoms with Crippen molar-refractivity contribution in [1.29, 1.82) is 0 Å². The molecule has 2 aromatic rings. The molecule has 7 heteroatoms. The van der Waals surface area contributed by atoms with E-state index in [2.05, 4.69) is 43.6 Å². The molecule has 2 rings (SSSR count). The van der Waals surface area contributed by atoms with E-state index in [0.717, 1.165) is 16.6 Å². The highest BCUT2D eigenvalue weighted by atomic mass is 79.9. The maximum Gasteiger partial charge on any atom is 0.176 e. The Morgan fingerprint density at radius 2 is 2.26 bits per heavy atom. The fourth-order valence-corrected chi connectivity index (χ4v) is 2.61. The number of rotatable bonds is 5. The second-order valence-corrected chi connectivity index (χ2v) is 5.47. The number of hydrogen-bond acceptors (Lipinski definition) is 4. The molecule has 0 bridgehead atoms. The fraction of sp³-hybridized carbons (Fsp3) is 0.417. The molecule has 1 aromatic carbocycles. The van der Waals surface area contributed by atoms with Gasteiger partial charge in [-0.15, -0.1) is 10.2 Å². The second kappa shape index (κ2) is 6.45. The molecule has 0 radical (unpaired) electrons. The third kappa shape index (κ3) is 3.75. The molecule has 0 aliphatic carbocycles. The molecule has 1 N–H and O–H groups in total. The van der Waals surface area contributed by atoms with Gasteiger partial charge in [0.2, 0.25) is 0 Å². The molecule has 102 valence electrons. The molecule has 1 unspecified atom stereocenters. The maximum atomic E-state index is 6.07. The van der Waals surface area contributed by atoms with Gasteiger partial charge in [-0.3, -0.25) is 0 Å². The number of nitrogens with zero attached hydrogens (tertiary/aromatic N) is 4. The molecule has 19 heavy (non-hydrogen) atoms. The van der Waals surface area contributed by atoms with Crippen molar-refractivity contribution in [3.63, 3.8) is 0 Å². The Morgan fingerprint density at radius 3 is 2.89 bits per heavy atom. The summed E-state index contributed by atoms with van der Waals surface area (Å²) in [4.78, 5) is 1.46. The second-order valence-electron chi connectivity index (χ2n) is 4.18. The van der Waals surface area contributed by atoms with Crippen molar-refractivity contribution in [2.75, 3.05) is 6.54 Å².